The van der Waals surface area contributed by atoms with Crippen molar-refractivity contribution in [3.63, 3.8) is 0 Å². The number of nitrogens with two attached hydrogens (primary N) is 1. The molecule has 114 valence electrons. The van der Waals surface area contributed by atoms with Gasteiger partial charge in [0.05, 0.1) is 12.2 Å². The number of rotatable bonds is 7. The molecule has 0 aliphatic rings. The van der Waals surface area contributed by atoms with Crippen LogP contribution in [0.25, 0.3) is 0 Å². The van der Waals surface area contributed by atoms with E-state index in [1.807, 2.05) is 12.3 Å². The minimum absolute atomic E-state index is 0.416. The van der Waals surface area contributed by atoms with Crippen molar-refractivity contribution in [3.05, 3.63) is 42.5 Å². The largest absolute Gasteiger partial charge is 0.378 e. The zero-order valence-corrected chi connectivity index (χ0v) is 12.6. The van der Waals surface area contributed by atoms with E-state index < -0.39 is 10.2 Å². The summed E-state index contributed by atoms with van der Waals surface area (Å²) in [6, 6.07) is 6.90. The molecule has 0 radical (unpaired) electrons. The van der Waals surface area contributed by atoms with Gasteiger partial charge >= 0.3 is 0 Å². The number of imidazole rings is 1. The molecule has 0 unspecified atom stereocenters. The Balaban J connectivity index is 2.03. The van der Waals surface area contributed by atoms with Gasteiger partial charge in [0.1, 0.15) is 5.82 Å². The van der Waals surface area contributed by atoms with Gasteiger partial charge in [-0.05, 0) is 24.6 Å². The molecule has 21 heavy (non-hydrogen) atoms. The summed E-state index contributed by atoms with van der Waals surface area (Å²) in [5.74, 6) is 0.932. The normalized spacial score (nSPS) is 11.3. The summed E-state index contributed by atoms with van der Waals surface area (Å²) in [7, 11) is -3.76. The summed E-state index contributed by atoms with van der Waals surface area (Å²) in [6.45, 7) is 3.59. The number of anilines is 2. The van der Waals surface area contributed by atoms with Crippen molar-refractivity contribution in [1.29, 1.82) is 0 Å². The number of aryl methyl sites for hydroxylation is 1. The molecule has 0 atom stereocenters. The number of benzene rings is 1. The lowest BCUT2D eigenvalue weighted by atomic mass is 10.3. The maximum absolute atomic E-state index is 11.0. The Kier molecular flexibility index (Phi) is 4.81. The highest BCUT2D eigenvalue weighted by Crippen LogP contribution is 2.16. The number of nitrogens with one attached hydrogen (secondary N) is 2. The first-order valence-electron chi connectivity index (χ1n) is 6.62. The van der Waals surface area contributed by atoms with Crippen LogP contribution in [-0.2, 0) is 23.3 Å². The summed E-state index contributed by atoms with van der Waals surface area (Å²) < 4.78 is 26.3. The molecule has 0 aliphatic heterocycles. The predicted molar refractivity (Wildman–Crippen MR) is 83.0 cm³/mol. The van der Waals surface area contributed by atoms with E-state index in [2.05, 4.69) is 26.5 Å². The Hall–Kier alpha value is -2.06. The van der Waals surface area contributed by atoms with Crippen LogP contribution < -0.4 is 15.2 Å². The molecule has 7 nitrogen and oxygen atoms in total. The zero-order valence-electron chi connectivity index (χ0n) is 11.8. The van der Waals surface area contributed by atoms with E-state index in [4.69, 9.17) is 5.14 Å². The highest BCUT2D eigenvalue weighted by Gasteiger charge is 2.04. The monoisotopic (exact) mass is 309 g/mol. The lowest BCUT2D eigenvalue weighted by molar-refractivity contribution is 0.603. The molecule has 0 aliphatic carbocycles. The molecule has 1 heterocycles. The molecular formula is C13H19N5O2S. The third-order valence-electron chi connectivity index (χ3n) is 2.84. The maximum Gasteiger partial charge on any atom is 0.296 e. The number of hydrogen-bond acceptors (Lipinski definition) is 4. The first-order chi connectivity index (χ1) is 9.98. The first-order valence-corrected chi connectivity index (χ1v) is 8.17. The minimum Gasteiger partial charge on any atom is -0.378 e. The van der Waals surface area contributed by atoms with Crippen molar-refractivity contribution in [2.75, 3.05) is 10.0 Å². The Morgan fingerprint density at radius 2 is 2.10 bits per heavy atom. The second-order valence-corrected chi connectivity index (χ2v) is 5.91. The lowest BCUT2D eigenvalue weighted by Crippen LogP contribution is -2.21. The van der Waals surface area contributed by atoms with Crippen molar-refractivity contribution < 1.29 is 8.42 Å². The van der Waals surface area contributed by atoms with Crippen LogP contribution in [0, 0.1) is 0 Å². The molecule has 1 aromatic carbocycles. The van der Waals surface area contributed by atoms with Gasteiger partial charge in [0.25, 0.3) is 10.2 Å². The van der Waals surface area contributed by atoms with Crippen molar-refractivity contribution in [2.24, 2.45) is 5.14 Å². The van der Waals surface area contributed by atoms with Crippen LogP contribution in [0.15, 0.2) is 36.7 Å². The zero-order chi connectivity index (χ0) is 15.3. The van der Waals surface area contributed by atoms with Crippen molar-refractivity contribution in [1.82, 2.24) is 9.55 Å². The van der Waals surface area contributed by atoms with E-state index in [-0.39, 0.29) is 0 Å². The van der Waals surface area contributed by atoms with Gasteiger partial charge in [0.15, 0.2) is 0 Å². The standard InChI is InChI=1S/C13H19N5O2S/c1-2-7-18-8-6-15-13(18)10-16-11-4-3-5-12(9-11)17-21(14,19)20/h3-6,8-9,16-17H,2,7,10H2,1H3,(H2,14,19,20). The average molecular weight is 309 g/mol. The van der Waals surface area contributed by atoms with Gasteiger partial charge < -0.3 is 9.88 Å². The van der Waals surface area contributed by atoms with E-state index in [9.17, 15) is 8.42 Å². The molecule has 0 bridgehead atoms. The summed E-state index contributed by atoms with van der Waals surface area (Å²) in [5, 5.41) is 8.16. The van der Waals surface area contributed by atoms with Crippen molar-refractivity contribution in [2.45, 2.75) is 26.4 Å². The minimum atomic E-state index is -3.76. The molecule has 2 rings (SSSR count). The van der Waals surface area contributed by atoms with Gasteiger partial charge in [-0.25, -0.2) is 10.1 Å². The van der Waals surface area contributed by atoms with Crippen molar-refractivity contribution >= 4 is 21.6 Å². The van der Waals surface area contributed by atoms with Gasteiger partial charge in [-0.3, -0.25) is 4.72 Å². The van der Waals surface area contributed by atoms with Crippen molar-refractivity contribution in [3.8, 4) is 0 Å². The molecule has 1 aromatic heterocycles. The number of aromatic nitrogens is 2. The molecule has 8 heteroatoms. The fourth-order valence-corrected chi connectivity index (χ4v) is 2.45. The van der Waals surface area contributed by atoms with Gasteiger partial charge in [-0.2, -0.15) is 8.42 Å². The predicted octanol–water partition coefficient (Wildman–Crippen LogP) is 1.52. The van der Waals surface area contributed by atoms with E-state index in [1.165, 1.54) is 0 Å². The van der Waals surface area contributed by atoms with Gasteiger partial charge in [-0.15, -0.1) is 0 Å². The van der Waals surface area contributed by atoms with Crippen LogP contribution in [0.3, 0.4) is 0 Å². The molecule has 0 spiro atoms. The van der Waals surface area contributed by atoms with Crippen LogP contribution in [-0.4, -0.2) is 18.0 Å². The maximum atomic E-state index is 11.0. The third kappa shape index (κ3) is 4.76. The molecule has 0 fully saturated rings. The fraction of sp³-hybridized carbons (Fsp3) is 0.308. The average Bonchev–Trinajstić information content (AvgIpc) is 2.83. The Morgan fingerprint density at radius 3 is 2.81 bits per heavy atom. The fourth-order valence-electron chi connectivity index (χ4n) is 1.99. The SMILES string of the molecule is CCCn1ccnc1CNc1cccc(NS(N)(=O)=O)c1. The lowest BCUT2D eigenvalue weighted by Gasteiger charge is -2.10. The Bertz CT molecular complexity index is 696. The number of nitrogens with zero attached hydrogens (tertiary/aromatic N) is 2. The summed E-state index contributed by atoms with van der Waals surface area (Å²) >= 11 is 0. The van der Waals surface area contributed by atoms with E-state index in [1.54, 1.807) is 24.4 Å². The van der Waals surface area contributed by atoms with Gasteiger partial charge in [0.2, 0.25) is 0 Å². The third-order valence-corrected chi connectivity index (χ3v) is 3.36. The summed E-state index contributed by atoms with van der Waals surface area (Å²) in [4.78, 5) is 4.30. The van der Waals surface area contributed by atoms with Gasteiger partial charge in [0, 0.05) is 24.6 Å². The van der Waals surface area contributed by atoms with E-state index in [0.717, 1.165) is 24.5 Å². The van der Waals surface area contributed by atoms with Crippen LogP contribution >= 0.6 is 0 Å². The van der Waals surface area contributed by atoms with Crippen LogP contribution in [0.5, 0.6) is 0 Å². The topological polar surface area (TPSA) is 102 Å². The van der Waals surface area contributed by atoms with Gasteiger partial charge in [-0.1, -0.05) is 13.0 Å². The first kappa shape index (κ1) is 15.3. The smallest absolute Gasteiger partial charge is 0.296 e. The molecular weight excluding hydrogens is 290 g/mol. The summed E-state index contributed by atoms with van der Waals surface area (Å²) in [5.41, 5.74) is 1.20. The highest BCUT2D eigenvalue weighted by atomic mass is 32.2. The van der Waals surface area contributed by atoms with E-state index in [0.29, 0.717) is 12.2 Å². The second kappa shape index (κ2) is 6.59. The molecule has 0 saturated heterocycles. The highest BCUT2D eigenvalue weighted by molar-refractivity contribution is 7.90. The quantitative estimate of drug-likeness (QED) is 0.721. The molecule has 2 aromatic rings. The van der Waals surface area contributed by atoms with Crippen LogP contribution in [0.2, 0.25) is 0 Å². The molecule has 4 N–H and O–H groups in total. The Labute approximate surface area is 124 Å². The summed E-state index contributed by atoms with van der Waals surface area (Å²) in [6.07, 6.45) is 4.75. The van der Waals surface area contributed by atoms with E-state index >= 15 is 0 Å². The molecule has 0 amide bonds. The second-order valence-electron chi connectivity index (χ2n) is 4.62. The number of hydrogen-bond donors (Lipinski definition) is 3. The molecule has 0 saturated carbocycles. The van der Waals surface area contributed by atoms with Crippen LogP contribution in [0.4, 0.5) is 11.4 Å². The van der Waals surface area contributed by atoms with Crippen LogP contribution in [0.1, 0.15) is 19.2 Å². The Morgan fingerprint density at radius 1 is 1.33 bits per heavy atom.